The second kappa shape index (κ2) is 9.77. The van der Waals surface area contributed by atoms with Crippen LogP contribution in [-0.4, -0.2) is 38.0 Å². The van der Waals surface area contributed by atoms with Crippen LogP contribution in [-0.2, 0) is 4.74 Å². The molecule has 0 aromatic rings. The standard InChI is InChI=1S/C17H36NO/c1-4-5-6-7-8-9-10-11-12-13-14-15-18(2,3)17-16-19-17/h17H,4-16H2,1-3H3/q+1. The molecule has 0 amide bonds. The van der Waals surface area contributed by atoms with Gasteiger partial charge in [0.2, 0.25) is 6.23 Å². The molecule has 2 heteroatoms. The lowest BCUT2D eigenvalue weighted by atomic mass is 10.1. The van der Waals surface area contributed by atoms with Crippen molar-refractivity contribution in [1.29, 1.82) is 0 Å². The second-order valence-electron chi connectivity index (χ2n) is 6.83. The van der Waals surface area contributed by atoms with Crippen molar-refractivity contribution >= 4 is 0 Å². The summed E-state index contributed by atoms with van der Waals surface area (Å²) in [7, 11) is 4.60. The Morgan fingerprint density at radius 2 is 1.21 bits per heavy atom. The van der Waals surface area contributed by atoms with E-state index in [4.69, 9.17) is 4.74 Å². The van der Waals surface area contributed by atoms with Gasteiger partial charge < -0.3 is 9.22 Å². The topological polar surface area (TPSA) is 12.5 Å². The van der Waals surface area contributed by atoms with E-state index in [1.807, 2.05) is 0 Å². The highest BCUT2D eigenvalue weighted by atomic mass is 16.6. The van der Waals surface area contributed by atoms with E-state index in [9.17, 15) is 0 Å². The Hall–Kier alpha value is -0.0800. The summed E-state index contributed by atoms with van der Waals surface area (Å²) < 4.78 is 6.46. The van der Waals surface area contributed by atoms with E-state index in [0.29, 0.717) is 6.23 Å². The predicted octanol–water partition coefficient (Wildman–Crippen LogP) is 4.73. The van der Waals surface area contributed by atoms with Crippen molar-refractivity contribution in [2.24, 2.45) is 0 Å². The highest BCUT2D eigenvalue weighted by Gasteiger charge is 2.39. The molecule has 1 aliphatic rings. The summed E-state index contributed by atoms with van der Waals surface area (Å²) in [6.07, 6.45) is 16.2. The molecule has 1 heterocycles. The van der Waals surface area contributed by atoms with Crippen molar-refractivity contribution in [3.05, 3.63) is 0 Å². The van der Waals surface area contributed by atoms with Crippen LogP contribution in [0.4, 0.5) is 0 Å². The SMILES string of the molecule is CCCCCCCCCCCCC[N+](C)(C)C1CO1. The highest BCUT2D eigenvalue weighted by Crippen LogP contribution is 2.21. The van der Waals surface area contributed by atoms with Crippen molar-refractivity contribution in [1.82, 2.24) is 0 Å². The minimum atomic E-state index is 0.503. The maximum atomic E-state index is 5.40. The third-order valence-electron chi connectivity index (χ3n) is 4.43. The fourth-order valence-electron chi connectivity index (χ4n) is 2.77. The predicted molar refractivity (Wildman–Crippen MR) is 83.2 cm³/mol. The lowest BCUT2D eigenvalue weighted by Crippen LogP contribution is -2.43. The maximum absolute atomic E-state index is 5.40. The van der Waals surface area contributed by atoms with Crippen LogP contribution in [0.5, 0.6) is 0 Å². The largest absolute Gasteiger partial charge is 0.318 e. The lowest BCUT2D eigenvalue weighted by Gasteiger charge is -2.27. The maximum Gasteiger partial charge on any atom is 0.217 e. The number of ether oxygens (including phenoxy) is 1. The quantitative estimate of drug-likeness (QED) is 0.268. The van der Waals surface area contributed by atoms with Gasteiger partial charge in [0.15, 0.2) is 0 Å². The van der Waals surface area contributed by atoms with Gasteiger partial charge in [0.1, 0.15) is 6.61 Å². The van der Waals surface area contributed by atoms with Crippen molar-refractivity contribution < 1.29 is 9.22 Å². The zero-order chi connectivity index (χ0) is 14.0. The van der Waals surface area contributed by atoms with Crippen LogP contribution >= 0.6 is 0 Å². The summed E-state index contributed by atoms with van der Waals surface area (Å²) in [6, 6.07) is 0. The molecule has 1 saturated heterocycles. The van der Waals surface area contributed by atoms with Gasteiger partial charge in [-0.1, -0.05) is 64.7 Å². The number of hydrogen-bond donors (Lipinski definition) is 0. The van der Waals surface area contributed by atoms with Gasteiger partial charge in [-0.2, -0.15) is 0 Å². The molecule has 0 aliphatic carbocycles. The Kier molecular flexibility index (Phi) is 8.72. The molecule has 114 valence electrons. The van der Waals surface area contributed by atoms with E-state index in [1.165, 1.54) is 77.2 Å². The molecular formula is C17H36NO+. The normalized spacial score (nSPS) is 18.8. The first kappa shape index (κ1) is 17.0. The molecule has 1 fully saturated rings. The van der Waals surface area contributed by atoms with Crippen molar-refractivity contribution in [2.75, 3.05) is 27.2 Å². The molecule has 0 bridgehead atoms. The molecule has 0 N–H and O–H groups in total. The Labute approximate surface area is 121 Å². The average molecular weight is 270 g/mol. The number of rotatable bonds is 13. The summed E-state index contributed by atoms with van der Waals surface area (Å²) in [5.41, 5.74) is 0. The van der Waals surface area contributed by atoms with Crippen LogP contribution in [0.1, 0.15) is 77.6 Å². The van der Waals surface area contributed by atoms with Crippen LogP contribution in [0.15, 0.2) is 0 Å². The number of epoxide rings is 1. The minimum absolute atomic E-state index is 0.503. The van der Waals surface area contributed by atoms with Gasteiger partial charge in [-0.05, 0) is 12.8 Å². The number of unbranched alkanes of at least 4 members (excludes halogenated alkanes) is 10. The van der Waals surface area contributed by atoms with Crippen LogP contribution in [0, 0.1) is 0 Å². The van der Waals surface area contributed by atoms with E-state index < -0.39 is 0 Å². The van der Waals surface area contributed by atoms with Crippen molar-refractivity contribution in [3.63, 3.8) is 0 Å². The average Bonchev–Trinajstić information content (AvgIpc) is 3.20. The summed E-state index contributed by atoms with van der Waals surface area (Å²) in [5, 5.41) is 0. The molecule has 0 radical (unpaired) electrons. The van der Waals surface area contributed by atoms with Crippen LogP contribution in [0.2, 0.25) is 0 Å². The third-order valence-corrected chi connectivity index (χ3v) is 4.43. The Balaban J connectivity index is 1.76. The van der Waals surface area contributed by atoms with Crippen molar-refractivity contribution in [2.45, 2.75) is 83.8 Å². The van der Waals surface area contributed by atoms with E-state index in [-0.39, 0.29) is 0 Å². The molecular weight excluding hydrogens is 234 g/mol. The number of hydrogen-bond acceptors (Lipinski definition) is 1. The van der Waals surface area contributed by atoms with Gasteiger partial charge in [0.25, 0.3) is 0 Å². The fourth-order valence-corrected chi connectivity index (χ4v) is 2.77. The van der Waals surface area contributed by atoms with Crippen molar-refractivity contribution in [3.8, 4) is 0 Å². The molecule has 1 atom stereocenters. The van der Waals surface area contributed by atoms with Gasteiger partial charge in [-0.25, -0.2) is 0 Å². The van der Waals surface area contributed by atoms with Gasteiger partial charge >= 0.3 is 0 Å². The van der Waals surface area contributed by atoms with Crippen LogP contribution in [0.25, 0.3) is 0 Å². The molecule has 0 saturated carbocycles. The van der Waals surface area contributed by atoms with Gasteiger partial charge in [0.05, 0.1) is 20.6 Å². The highest BCUT2D eigenvalue weighted by molar-refractivity contribution is 4.57. The zero-order valence-corrected chi connectivity index (χ0v) is 13.6. The van der Waals surface area contributed by atoms with E-state index >= 15 is 0 Å². The molecule has 0 aromatic carbocycles. The van der Waals surface area contributed by atoms with Crippen LogP contribution < -0.4 is 0 Å². The first-order valence-electron chi connectivity index (χ1n) is 8.61. The van der Waals surface area contributed by atoms with E-state index in [2.05, 4.69) is 21.0 Å². The van der Waals surface area contributed by atoms with Gasteiger partial charge in [-0.3, -0.25) is 0 Å². The molecule has 2 nitrogen and oxygen atoms in total. The Morgan fingerprint density at radius 1 is 0.789 bits per heavy atom. The molecule has 19 heavy (non-hydrogen) atoms. The fraction of sp³-hybridized carbons (Fsp3) is 1.00. The summed E-state index contributed by atoms with van der Waals surface area (Å²) in [5.74, 6) is 0. The second-order valence-corrected chi connectivity index (χ2v) is 6.83. The van der Waals surface area contributed by atoms with Gasteiger partial charge in [-0.15, -0.1) is 0 Å². The first-order valence-corrected chi connectivity index (χ1v) is 8.61. The Bertz CT molecular complexity index is 211. The lowest BCUT2D eigenvalue weighted by molar-refractivity contribution is -0.910. The molecule has 0 spiro atoms. The molecule has 1 unspecified atom stereocenters. The van der Waals surface area contributed by atoms with Crippen LogP contribution in [0.3, 0.4) is 0 Å². The Morgan fingerprint density at radius 3 is 1.63 bits per heavy atom. The summed E-state index contributed by atoms with van der Waals surface area (Å²) in [4.78, 5) is 0. The first-order chi connectivity index (χ1) is 9.17. The molecule has 1 aliphatic heterocycles. The number of likely N-dealkylation sites (N-methyl/N-ethyl adjacent to an activating group) is 1. The molecule has 0 aromatic heterocycles. The number of nitrogens with zero attached hydrogens (tertiary/aromatic N) is 1. The monoisotopic (exact) mass is 270 g/mol. The number of quaternary nitrogens is 1. The van der Waals surface area contributed by atoms with Gasteiger partial charge in [0, 0.05) is 0 Å². The van der Waals surface area contributed by atoms with E-state index in [1.54, 1.807) is 0 Å². The summed E-state index contributed by atoms with van der Waals surface area (Å²) in [6.45, 7) is 4.54. The van der Waals surface area contributed by atoms with E-state index in [0.717, 1.165) is 11.1 Å². The minimum Gasteiger partial charge on any atom is -0.318 e. The molecule has 1 rings (SSSR count). The smallest absolute Gasteiger partial charge is 0.217 e. The zero-order valence-electron chi connectivity index (χ0n) is 13.6. The third kappa shape index (κ3) is 8.65. The summed E-state index contributed by atoms with van der Waals surface area (Å²) >= 11 is 0.